The van der Waals surface area contributed by atoms with Crippen LogP contribution in [0, 0.1) is 11.5 Å². The Bertz CT molecular complexity index is 540. The maximum absolute atomic E-state index is 12.7. The molecule has 1 unspecified atom stereocenters. The molecule has 0 radical (unpaired) electrons. The lowest BCUT2D eigenvalue weighted by atomic mass is 9.94. The van der Waals surface area contributed by atoms with Gasteiger partial charge in [0.2, 0.25) is 0 Å². The average Bonchev–Trinajstić information content (AvgIpc) is 2.38. The third-order valence-electron chi connectivity index (χ3n) is 3.27. The van der Waals surface area contributed by atoms with E-state index >= 15 is 0 Å². The van der Waals surface area contributed by atoms with Crippen LogP contribution in [-0.4, -0.2) is 17.5 Å². The molecule has 2 rings (SSSR count). The van der Waals surface area contributed by atoms with Crippen molar-refractivity contribution in [2.75, 3.05) is 6.54 Å². The van der Waals surface area contributed by atoms with Crippen LogP contribution in [0.25, 0.3) is 5.57 Å². The van der Waals surface area contributed by atoms with E-state index in [0.29, 0.717) is 18.5 Å². The fraction of sp³-hybridized carbons (Fsp3) is 0.357. The second-order valence-corrected chi connectivity index (χ2v) is 4.61. The van der Waals surface area contributed by atoms with Gasteiger partial charge in [0.05, 0.1) is 5.56 Å². The Morgan fingerprint density at radius 1 is 1.37 bits per heavy atom. The van der Waals surface area contributed by atoms with Gasteiger partial charge in [0.1, 0.15) is 0 Å². The van der Waals surface area contributed by atoms with E-state index in [1.54, 1.807) is 11.0 Å². The van der Waals surface area contributed by atoms with Crippen molar-refractivity contribution < 1.29 is 13.2 Å². The fourth-order valence-corrected chi connectivity index (χ4v) is 2.17. The molecule has 1 aliphatic heterocycles. The lowest BCUT2D eigenvalue weighted by Crippen LogP contribution is -2.32. The molecule has 0 spiro atoms. The summed E-state index contributed by atoms with van der Waals surface area (Å²) in [6.07, 6.45) is 0.143. The first kappa shape index (κ1) is 13.5. The number of nitriles is 1. The molecule has 2 nitrogen and oxygen atoms in total. The van der Waals surface area contributed by atoms with Crippen molar-refractivity contribution in [3.63, 3.8) is 0 Å². The quantitative estimate of drug-likeness (QED) is 0.725. The first-order chi connectivity index (χ1) is 8.91. The molecule has 0 fully saturated rings. The second kappa shape index (κ2) is 4.96. The molecule has 0 bridgehead atoms. The Morgan fingerprint density at radius 2 is 2.11 bits per heavy atom. The predicted octanol–water partition coefficient (Wildman–Crippen LogP) is 3.66. The van der Waals surface area contributed by atoms with Crippen molar-refractivity contribution in [3.8, 4) is 6.19 Å². The lowest BCUT2D eigenvalue weighted by Gasteiger charge is -2.28. The summed E-state index contributed by atoms with van der Waals surface area (Å²) in [5, 5.41) is 8.87. The standard InChI is InChI=1S/C14H13F3N2/c1-10-7-12(5-6-19(10)9-18)11-3-2-4-13(8-11)14(15,16)17/h2-5,8,10H,6-7H2,1H3. The first-order valence-corrected chi connectivity index (χ1v) is 5.95. The minimum atomic E-state index is -4.32. The summed E-state index contributed by atoms with van der Waals surface area (Å²) in [5.74, 6) is 0. The van der Waals surface area contributed by atoms with Crippen LogP contribution < -0.4 is 0 Å². The molecule has 0 N–H and O–H groups in total. The minimum Gasteiger partial charge on any atom is -0.304 e. The van der Waals surface area contributed by atoms with Crippen molar-refractivity contribution >= 4 is 5.57 Å². The SMILES string of the molecule is CC1CC(c2cccc(C(F)(F)F)c2)=CCN1C#N. The summed E-state index contributed by atoms with van der Waals surface area (Å²) >= 11 is 0. The number of rotatable bonds is 1. The molecule has 1 aliphatic rings. The molecule has 0 aliphatic carbocycles. The number of alkyl halides is 3. The van der Waals surface area contributed by atoms with Gasteiger partial charge in [0.25, 0.3) is 0 Å². The van der Waals surface area contributed by atoms with E-state index in [0.717, 1.165) is 11.6 Å². The molecule has 100 valence electrons. The average molecular weight is 266 g/mol. The summed E-state index contributed by atoms with van der Waals surface area (Å²) in [6.45, 7) is 2.34. The van der Waals surface area contributed by atoms with Crippen LogP contribution in [0.3, 0.4) is 0 Å². The van der Waals surface area contributed by atoms with Crippen LogP contribution in [0.5, 0.6) is 0 Å². The highest BCUT2D eigenvalue weighted by Crippen LogP contribution is 2.33. The largest absolute Gasteiger partial charge is 0.416 e. The predicted molar refractivity (Wildman–Crippen MR) is 65.8 cm³/mol. The van der Waals surface area contributed by atoms with Gasteiger partial charge in [-0.1, -0.05) is 18.2 Å². The summed E-state index contributed by atoms with van der Waals surface area (Å²) in [6, 6.07) is 5.34. The number of hydrogen-bond acceptors (Lipinski definition) is 2. The van der Waals surface area contributed by atoms with E-state index in [4.69, 9.17) is 5.26 Å². The highest BCUT2D eigenvalue weighted by atomic mass is 19.4. The maximum atomic E-state index is 12.7. The highest BCUT2D eigenvalue weighted by Gasteiger charge is 2.31. The Hall–Kier alpha value is -1.96. The van der Waals surface area contributed by atoms with E-state index in [1.807, 2.05) is 13.0 Å². The van der Waals surface area contributed by atoms with Gasteiger partial charge in [-0.3, -0.25) is 0 Å². The van der Waals surface area contributed by atoms with Crippen LogP contribution in [-0.2, 0) is 6.18 Å². The van der Waals surface area contributed by atoms with Gasteiger partial charge >= 0.3 is 6.18 Å². The second-order valence-electron chi connectivity index (χ2n) is 4.61. The van der Waals surface area contributed by atoms with Crippen LogP contribution >= 0.6 is 0 Å². The molecule has 0 saturated heterocycles. The third-order valence-corrected chi connectivity index (χ3v) is 3.27. The zero-order valence-corrected chi connectivity index (χ0v) is 10.4. The monoisotopic (exact) mass is 266 g/mol. The Labute approximate surface area is 109 Å². The Kier molecular flexibility index (Phi) is 3.52. The van der Waals surface area contributed by atoms with Crippen LogP contribution in [0.4, 0.5) is 13.2 Å². The van der Waals surface area contributed by atoms with Gasteiger partial charge in [-0.2, -0.15) is 18.4 Å². The molecule has 0 aromatic heterocycles. The zero-order chi connectivity index (χ0) is 14.0. The van der Waals surface area contributed by atoms with Crippen molar-refractivity contribution in [3.05, 3.63) is 41.5 Å². The Balaban J connectivity index is 2.29. The smallest absolute Gasteiger partial charge is 0.304 e. The van der Waals surface area contributed by atoms with Gasteiger partial charge in [0.15, 0.2) is 6.19 Å². The van der Waals surface area contributed by atoms with E-state index in [-0.39, 0.29) is 6.04 Å². The fourth-order valence-electron chi connectivity index (χ4n) is 2.17. The van der Waals surface area contributed by atoms with Crippen LogP contribution in [0.15, 0.2) is 30.3 Å². The van der Waals surface area contributed by atoms with Crippen molar-refractivity contribution in [1.82, 2.24) is 4.90 Å². The summed E-state index contributed by atoms with van der Waals surface area (Å²) in [5.41, 5.74) is 0.811. The maximum Gasteiger partial charge on any atom is 0.416 e. The van der Waals surface area contributed by atoms with Gasteiger partial charge in [-0.25, -0.2) is 0 Å². The van der Waals surface area contributed by atoms with Crippen LogP contribution in [0.1, 0.15) is 24.5 Å². The minimum absolute atomic E-state index is 0.0135. The molecule has 1 aromatic carbocycles. The van der Waals surface area contributed by atoms with Gasteiger partial charge < -0.3 is 4.90 Å². The first-order valence-electron chi connectivity index (χ1n) is 5.95. The van der Waals surface area contributed by atoms with E-state index in [9.17, 15) is 13.2 Å². The normalized spacial score (nSPS) is 19.8. The summed E-state index contributed by atoms with van der Waals surface area (Å²) in [7, 11) is 0. The molecular formula is C14H13F3N2. The summed E-state index contributed by atoms with van der Waals surface area (Å²) in [4.78, 5) is 1.61. The molecule has 1 heterocycles. The lowest BCUT2D eigenvalue weighted by molar-refractivity contribution is -0.137. The summed E-state index contributed by atoms with van der Waals surface area (Å²) < 4.78 is 38.0. The topological polar surface area (TPSA) is 27.0 Å². The number of benzene rings is 1. The molecule has 0 saturated carbocycles. The van der Waals surface area contributed by atoms with Crippen molar-refractivity contribution in [1.29, 1.82) is 5.26 Å². The molecule has 1 aromatic rings. The van der Waals surface area contributed by atoms with E-state index < -0.39 is 11.7 Å². The van der Waals surface area contributed by atoms with Crippen molar-refractivity contribution in [2.45, 2.75) is 25.6 Å². The van der Waals surface area contributed by atoms with E-state index in [1.165, 1.54) is 12.1 Å². The molecule has 0 amide bonds. The number of nitrogens with zero attached hydrogens (tertiary/aromatic N) is 2. The number of hydrogen-bond donors (Lipinski definition) is 0. The van der Waals surface area contributed by atoms with Gasteiger partial charge in [0, 0.05) is 12.6 Å². The molecule has 19 heavy (non-hydrogen) atoms. The van der Waals surface area contributed by atoms with Gasteiger partial charge in [-0.05, 0) is 36.6 Å². The molecule has 5 heteroatoms. The third kappa shape index (κ3) is 2.90. The van der Waals surface area contributed by atoms with E-state index in [2.05, 4.69) is 6.19 Å². The molecular weight excluding hydrogens is 253 g/mol. The van der Waals surface area contributed by atoms with Crippen LogP contribution in [0.2, 0.25) is 0 Å². The highest BCUT2D eigenvalue weighted by molar-refractivity contribution is 5.67. The zero-order valence-electron chi connectivity index (χ0n) is 10.4. The molecule has 1 atom stereocenters. The van der Waals surface area contributed by atoms with Gasteiger partial charge in [-0.15, -0.1) is 0 Å². The number of halogens is 3. The van der Waals surface area contributed by atoms with Crippen molar-refractivity contribution in [2.24, 2.45) is 0 Å². The Morgan fingerprint density at radius 3 is 2.68 bits per heavy atom.